The second kappa shape index (κ2) is 11.3. The van der Waals surface area contributed by atoms with Gasteiger partial charge in [-0.15, -0.1) is 10.2 Å². The minimum atomic E-state index is -2.86. The molecule has 0 aromatic carbocycles. The SMILES string of the molecule is COc1cnc(C(F)F)cc1-c1cc(-n2ccc(C)cc2=O)ncc1C(=O)Nc1nnc(COC(C)(C)C)s1. The third-order valence-electron chi connectivity index (χ3n) is 5.39. The van der Waals surface area contributed by atoms with Crippen molar-refractivity contribution in [3.05, 3.63) is 75.0 Å². The molecule has 4 rings (SSSR count). The lowest BCUT2D eigenvalue weighted by Crippen LogP contribution is -2.19. The van der Waals surface area contributed by atoms with Crippen LogP contribution in [0.4, 0.5) is 13.9 Å². The van der Waals surface area contributed by atoms with Crippen LogP contribution in [0, 0.1) is 6.92 Å². The largest absolute Gasteiger partial charge is 0.494 e. The molecule has 0 bridgehead atoms. The number of hydrogen-bond donors (Lipinski definition) is 1. The summed E-state index contributed by atoms with van der Waals surface area (Å²) in [6.07, 6.45) is 1.10. The molecule has 13 heteroatoms. The average molecular weight is 557 g/mol. The second-order valence-electron chi connectivity index (χ2n) is 9.47. The zero-order chi connectivity index (χ0) is 28.3. The fourth-order valence-electron chi connectivity index (χ4n) is 3.50. The van der Waals surface area contributed by atoms with E-state index >= 15 is 0 Å². The number of hydrogen-bond acceptors (Lipinski definition) is 9. The van der Waals surface area contributed by atoms with Crippen LogP contribution in [0.15, 0.2) is 47.7 Å². The lowest BCUT2D eigenvalue weighted by atomic mass is 10.00. The number of carbonyl (C=O) groups is 1. The number of nitrogens with zero attached hydrogens (tertiary/aromatic N) is 5. The normalized spacial score (nSPS) is 11.6. The first-order valence-corrected chi connectivity index (χ1v) is 12.6. The van der Waals surface area contributed by atoms with Crippen molar-refractivity contribution < 1.29 is 23.0 Å². The molecule has 0 atom stereocenters. The Balaban J connectivity index is 1.78. The monoisotopic (exact) mass is 556 g/mol. The number of nitrogens with one attached hydrogen (secondary N) is 1. The summed E-state index contributed by atoms with van der Waals surface area (Å²) in [7, 11) is 1.36. The molecule has 4 aromatic heterocycles. The summed E-state index contributed by atoms with van der Waals surface area (Å²) in [6, 6.07) is 5.76. The van der Waals surface area contributed by atoms with E-state index in [1.165, 1.54) is 30.0 Å². The van der Waals surface area contributed by atoms with Gasteiger partial charge in [0.15, 0.2) is 0 Å². The first-order valence-electron chi connectivity index (χ1n) is 11.7. The summed E-state index contributed by atoms with van der Waals surface area (Å²) in [5.41, 5.74) is -0.0619. The molecule has 1 amide bonds. The number of rotatable bonds is 8. The van der Waals surface area contributed by atoms with Gasteiger partial charge < -0.3 is 9.47 Å². The molecule has 0 radical (unpaired) electrons. The summed E-state index contributed by atoms with van der Waals surface area (Å²) in [6.45, 7) is 7.72. The Morgan fingerprint density at radius 1 is 1.13 bits per heavy atom. The molecule has 10 nitrogen and oxygen atoms in total. The molecule has 0 fully saturated rings. The van der Waals surface area contributed by atoms with Gasteiger partial charge >= 0.3 is 0 Å². The predicted molar refractivity (Wildman–Crippen MR) is 142 cm³/mol. The minimum Gasteiger partial charge on any atom is -0.494 e. The Bertz CT molecular complexity index is 1560. The highest BCUT2D eigenvalue weighted by Crippen LogP contribution is 2.35. The highest BCUT2D eigenvalue weighted by atomic mass is 32.1. The van der Waals surface area contributed by atoms with Gasteiger partial charge in [0, 0.05) is 29.6 Å². The molecule has 0 spiro atoms. The van der Waals surface area contributed by atoms with Crippen LogP contribution >= 0.6 is 11.3 Å². The van der Waals surface area contributed by atoms with Gasteiger partial charge in [-0.2, -0.15) is 0 Å². The van der Waals surface area contributed by atoms with Gasteiger partial charge in [0.25, 0.3) is 17.9 Å². The Kier molecular flexibility index (Phi) is 8.11. The number of halogens is 2. The maximum Gasteiger partial charge on any atom is 0.280 e. The zero-order valence-electron chi connectivity index (χ0n) is 21.9. The standard InChI is InChI=1S/C26H26F2N6O4S/c1-14-6-7-34(22(35)8-14)20-10-15(16-9-18(23(27)28)29-12-19(16)37-5)17(11-30-20)24(36)31-25-33-32-21(39-25)13-38-26(2,3)4/h6-12,23H,13H2,1-5H3,(H,31,33,36). The number of methoxy groups -OCH3 is 1. The van der Waals surface area contributed by atoms with Gasteiger partial charge in [-0.3, -0.25) is 24.5 Å². The Morgan fingerprint density at radius 2 is 1.90 bits per heavy atom. The van der Waals surface area contributed by atoms with Gasteiger partial charge in [0.05, 0.1) is 24.5 Å². The molecule has 0 aliphatic heterocycles. The van der Waals surface area contributed by atoms with E-state index in [0.29, 0.717) is 5.01 Å². The van der Waals surface area contributed by atoms with E-state index in [0.717, 1.165) is 29.2 Å². The van der Waals surface area contributed by atoms with E-state index in [-0.39, 0.29) is 51.2 Å². The van der Waals surface area contributed by atoms with Crippen LogP contribution in [0.2, 0.25) is 0 Å². The van der Waals surface area contributed by atoms with Gasteiger partial charge in [0.1, 0.15) is 28.9 Å². The molecular weight excluding hydrogens is 530 g/mol. The van der Waals surface area contributed by atoms with Crippen molar-refractivity contribution in [2.75, 3.05) is 12.4 Å². The van der Waals surface area contributed by atoms with Crippen molar-refractivity contribution >= 4 is 22.4 Å². The van der Waals surface area contributed by atoms with Crippen LogP contribution < -0.4 is 15.6 Å². The van der Waals surface area contributed by atoms with Crippen molar-refractivity contribution in [3.8, 4) is 22.7 Å². The molecule has 0 saturated carbocycles. The summed E-state index contributed by atoms with van der Waals surface area (Å²) in [5, 5.41) is 11.5. The van der Waals surface area contributed by atoms with Crippen molar-refractivity contribution in [1.82, 2.24) is 24.7 Å². The first kappa shape index (κ1) is 27.9. The van der Waals surface area contributed by atoms with Crippen molar-refractivity contribution in [1.29, 1.82) is 0 Å². The van der Waals surface area contributed by atoms with Gasteiger partial charge in [-0.05, 0) is 51.5 Å². The first-order chi connectivity index (χ1) is 18.4. The topological polar surface area (TPSA) is 121 Å². The third kappa shape index (κ3) is 6.67. The van der Waals surface area contributed by atoms with Crippen molar-refractivity contribution in [3.63, 3.8) is 0 Å². The van der Waals surface area contributed by atoms with Gasteiger partial charge in [-0.25, -0.2) is 13.8 Å². The number of carbonyl (C=O) groups excluding carboxylic acids is 1. The highest BCUT2D eigenvalue weighted by molar-refractivity contribution is 7.15. The van der Waals surface area contributed by atoms with E-state index in [2.05, 4.69) is 25.5 Å². The van der Waals surface area contributed by atoms with Gasteiger partial charge in [-0.1, -0.05) is 11.3 Å². The van der Waals surface area contributed by atoms with Crippen LogP contribution in [0.25, 0.3) is 16.9 Å². The maximum atomic E-state index is 13.6. The molecular formula is C26H26F2N6O4S. The number of ether oxygens (including phenoxy) is 2. The quantitative estimate of drug-likeness (QED) is 0.323. The lowest BCUT2D eigenvalue weighted by Gasteiger charge is -2.17. The van der Waals surface area contributed by atoms with Crippen LogP contribution in [0.1, 0.15) is 53.8 Å². The van der Waals surface area contributed by atoms with E-state index in [9.17, 15) is 18.4 Å². The molecule has 4 aromatic rings. The van der Waals surface area contributed by atoms with E-state index in [1.54, 1.807) is 19.2 Å². The fraction of sp³-hybridized carbons (Fsp3) is 0.308. The van der Waals surface area contributed by atoms with Crippen molar-refractivity contribution in [2.45, 2.75) is 46.3 Å². The fourth-order valence-corrected chi connectivity index (χ4v) is 4.15. The molecule has 39 heavy (non-hydrogen) atoms. The third-order valence-corrected chi connectivity index (χ3v) is 6.21. The summed E-state index contributed by atoms with van der Waals surface area (Å²) < 4.78 is 39.5. The predicted octanol–water partition coefficient (Wildman–Crippen LogP) is 4.97. The smallest absolute Gasteiger partial charge is 0.280 e. The molecule has 0 aliphatic rings. The number of anilines is 1. The van der Waals surface area contributed by atoms with Gasteiger partial charge in [0.2, 0.25) is 5.13 Å². The number of aryl methyl sites for hydroxylation is 1. The molecule has 4 heterocycles. The summed E-state index contributed by atoms with van der Waals surface area (Å²) in [5.74, 6) is -0.280. The Morgan fingerprint density at radius 3 is 2.56 bits per heavy atom. The van der Waals surface area contributed by atoms with Crippen molar-refractivity contribution in [2.24, 2.45) is 0 Å². The highest BCUT2D eigenvalue weighted by Gasteiger charge is 2.22. The number of aromatic nitrogens is 5. The Hall–Kier alpha value is -4.10. The van der Waals surface area contributed by atoms with E-state index in [1.807, 2.05) is 20.8 Å². The summed E-state index contributed by atoms with van der Waals surface area (Å²) >= 11 is 1.14. The number of pyridine rings is 3. The Labute approximate surface area is 226 Å². The van der Waals surface area contributed by atoms with E-state index < -0.39 is 18.0 Å². The lowest BCUT2D eigenvalue weighted by molar-refractivity contribution is -0.0152. The molecule has 204 valence electrons. The molecule has 0 unspecified atom stereocenters. The molecule has 0 saturated heterocycles. The number of amides is 1. The van der Waals surface area contributed by atoms with Crippen LogP contribution in [0.3, 0.4) is 0 Å². The number of alkyl halides is 2. The zero-order valence-corrected chi connectivity index (χ0v) is 22.7. The maximum absolute atomic E-state index is 13.6. The molecule has 0 aliphatic carbocycles. The molecule has 1 N–H and O–H groups in total. The second-order valence-corrected chi connectivity index (χ2v) is 10.5. The van der Waals surface area contributed by atoms with Crippen LogP contribution in [-0.2, 0) is 11.3 Å². The average Bonchev–Trinajstić information content (AvgIpc) is 3.33. The van der Waals surface area contributed by atoms with E-state index in [4.69, 9.17) is 9.47 Å². The minimum absolute atomic E-state index is 0.0336. The van der Waals surface area contributed by atoms with Crippen LogP contribution in [0.5, 0.6) is 5.75 Å². The summed E-state index contributed by atoms with van der Waals surface area (Å²) in [4.78, 5) is 34.1. The van der Waals surface area contributed by atoms with Crippen LogP contribution in [-0.4, -0.2) is 43.4 Å².